The molecule has 0 bridgehead atoms. The topological polar surface area (TPSA) is 54.3 Å². The molecule has 3 rings (SSSR count). The first-order valence-corrected chi connectivity index (χ1v) is 6.62. The van der Waals surface area contributed by atoms with E-state index in [9.17, 15) is 9.18 Å². The maximum atomic E-state index is 13.6. The molecule has 1 aliphatic carbocycles. The molecule has 5 heteroatoms. The molecular weight excluding hydrogens is 259 g/mol. The number of amides is 1. The highest BCUT2D eigenvalue weighted by Gasteiger charge is 2.23. The molecule has 1 saturated carbocycles. The predicted octanol–water partition coefficient (Wildman–Crippen LogP) is 3.31. The molecule has 1 heterocycles. The quantitative estimate of drug-likeness (QED) is 0.844. The number of hydrogen-bond donors (Lipinski definition) is 2. The molecule has 1 aromatic carbocycles. The molecule has 0 radical (unpaired) electrons. The van der Waals surface area contributed by atoms with E-state index in [1.807, 2.05) is 16.8 Å². The van der Waals surface area contributed by atoms with Gasteiger partial charge in [0.2, 0.25) is 0 Å². The van der Waals surface area contributed by atoms with E-state index in [4.69, 9.17) is 5.11 Å². The number of aromatic nitrogens is 1. The molecule has 1 aromatic heterocycles. The summed E-state index contributed by atoms with van der Waals surface area (Å²) in [6, 6.07) is 7.57. The first kappa shape index (κ1) is 12.7. The van der Waals surface area contributed by atoms with Crippen LogP contribution in [0, 0.1) is 5.82 Å². The van der Waals surface area contributed by atoms with Gasteiger partial charge in [-0.1, -0.05) is 0 Å². The molecule has 4 nitrogen and oxygen atoms in total. The van der Waals surface area contributed by atoms with Crippen LogP contribution in [0.1, 0.15) is 35.8 Å². The second kappa shape index (κ2) is 5.00. The number of aromatic hydroxyl groups is 1. The van der Waals surface area contributed by atoms with E-state index in [-0.39, 0.29) is 17.3 Å². The van der Waals surface area contributed by atoms with E-state index < -0.39 is 5.82 Å². The van der Waals surface area contributed by atoms with Crippen LogP contribution in [0.5, 0.6) is 5.75 Å². The highest BCUT2D eigenvalue weighted by atomic mass is 19.1. The summed E-state index contributed by atoms with van der Waals surface area (Å²) in [5.74, 6) is -1.16. The largest absolute Gasteiger partial charge is 0.508 e. The van der Waals surface area contributed by atoms with Crippen LogP contribution in [-0.4, -0.2) is 15.6 Å². The van der Waals surface area contributed by atoms with Crippen LogP contribution in [0.25, 0.3) is 0 Å². The Morgan fingerprint density at radius 1 is 1.35 bits per heavy atom. The van der Waals surface area contributed by atoms with Crippen molar-refractivity contribution in [3.05, 3.63) is 48.0 Å². The third-order valence-corrected chi connectivity index (χ3v) is 3.68. The van der Waals surface area contributed by atoms with Gasteiger partial charge in [-0.05, 0) is 43.5 Å². The van der Waals surface area contributed by atoms with E-state index in [1.165, 1.54) is 18.6 Å². The molecule has 1 fully saturated rings. The lowest BCUT2D eigenvalue weighted by atomic mass is 9.93. The molecule has 1 aliphatic rings. The van der Waals surface area contributed by atoms with Crippen LogP contribution in [0.15, 0.2) is 36.5 Å². The minimum absolute atomic E-state index is 0.0640. The number of phenolic OH excluding ortho intramolecular Hbond substituents is 1. The van der Waals surface area contributed by atoms with Gasteiger partial charge in [0.1, 0.15) is 17.3 Å². The third-order valence-electron chi connectivity index (χ3n) is 3.68. The second-order valence-electron chi connectivity index (χ2n) is 5.00. The molecule has 2 aromatic rings. The van der Waals surface area contributed by atoms with Crippen LogP contribution in [0.3, 0.4) is 0 Å². The van der Waals surface area contributed by atoms with Crippen LogP contribution in [0.4, 0.5) is 10.1 Å². The Morgan fingerprint density at radius 3 is 2.80 bits per heavy atom. The smallest absolute Gasteiger partial charge is 0.272 e. The SMILES string of the molecule is O=C(Nc1ccc(O)cc1F)c1cccn1C1CCC1. The van der Waals surface area contributed by atoms with E-state index >= 15 is 0 Å². The molecule has 2 N–H and O–H groups in total. The van der Waals surface area contributed by atoms with Gasteiger partial charge in [0.25, 0.3) is 5.91 Å². The number of anilines is 1. The Morgan fingerprint density at radius 2 is 2.15 bits per heavy atom. The van der Waals surface area contributed by atoms with Crippen LogP contribution >= 0.6 is 0 Å². The fourth-order valence-electron chi connectivity index (χ4n) is 2.36. The molecular formula is C15H15FN2O2. The van der Waals surface area contributed by atoms with Gasteiger partial charge in [0.15, 0.2) is 0 Å². The molecule has 0 spiro atoms. The standard InChI is InChI=1S/C15H15FN2O2/c16-12-9-11(19)6-7-13(12)17-15(20)14-5-2-8-18(14)10-3-1-4-10/h2,5-10,19H,1,3-4H2,(H,17,20). The Hall–Kier alpha value is -2.30. The van der Waals surface area contributed by atoms with Gasteiger partial charge in [-0.25, -0.2) is 4.39 Å². The van der Waals surface area contributed by atoms with Crippen molar-refractivity contribution in [2.24, 2.45) is 0 Å². The number of carbonyl (C=O) groups is 1. The number of nitrogens with zero attached hydrogens (tertiary/aromatic N) is 1. The number of rotatable bonds is 3. The lowest BCUT2D eigenvalue weighted by Gasteiger charge is -2.28. The van der Waals surface area contributed by atoms with Gasteiger partial charge in [-0.15, -0.1) is 0 Å². The molecule has 104 valence electrons. The number of phenols is 1. The maximum absolute atomic E-state index is 13.6. The summed E-state index contributed by atoms with van der Waals surface area (Å²) in [6.45, 7) is 0. The van der Waals surface area contributed by atoms with Gasteiger partial charge in [-0.3, -0.25) is 4.79 Å². The van der Waals surface area contributed by atoms with Gasteiger partial charge in [0.05, 0.1) is 5.69 Å². The van der Waals surface area contributed by atoms with Crippen molar-refractivity contribution in [3.8, 4) is 5.75 Å². The summed E-state index contributed by atoms with van der Waals surface area (Å²) in [5.41, 5.74) is 0.594. The number of nitrogens with one attached hydrogen (secondary N) is 1. The van der Waals surface area contributed by atoms with E-state index in [2.05, 4.69) is 5.32 Å². The Labute approximate surface area is 115 Å². The average molecular weight is 274 g/mol. The minimum atomic E-state index is -0.653. The fraction of sp³-hybridized carbons (Fsp3) is 0.267. The fourth-order valence-corrected chi connectivity index (χ4v) is 2.36. The van der Waals surface area contributed by atoms with Gasteiger partial charge < -0.3 is 15.0 Å². The van der Waals surface area contributed by atoms with Crippen LogP contribution in [0.2, 0.25) is 0 Å². The zero-order chi connectivity index (χ0) is 14.1. The Bertz CT molecular complexity index is 647. The van der Waals surface area contributed by atoms with Crippen molar-refractivity contribution >= 4 is 11.6 Å². The highest BCUT2D eigenvalue weighted by Crippen LogP contribution is 2.33. The molecule has 0 atom stereocenters. The van der Waals surface area contributed by atoms with Crippen LogP contribution in [-0.2, 0) is 0 Å². The van der Waals surface area contributed by atoms with Crippen molar-refractivity contribution in [1.82, 2.24) is 4.57 Å². The van der Waals surface area contributed by atoms with Gasteiger partial charge in [-0.2, -0.15) is 0 Å². The van der Waals surface area contributed by atoms with Crippen molar-refractivity contribution in [1.29, 1.82) is 0 Å². The Balaban J connectivity index is 1.81. The lowest BCUT2D eigenvalue weighted by molar-refractivity contribution is 0.101. The van der Waals surface area contributed by atoms with Crippen molar-refractivity contribution in [2.45, 2.75) is 25.3 Å². The third kappa shape index (κ3) is 2.27. The molecule has 0 saturated heterocycles. The number of benzene rings is 1. The van der Waals surface area contributed by atoms with Gasteiger partial charge in [0, 0.05) is 18.3 Å². The van der Waals surface area contributed by atoms with Crippen molar-refractivity contribution in [2.75, 3.05) is 5.32 Å². The average Bonchev–Trinajstić information content (AvgIpc) is 2.79. The Kier molecular flexibility index (Phi) is 3.18. The minimum Gasteiger partial charge on any atom is -0.508 e. The van der Waals surface area contributed by atoms with Gasteiger partial charge >= 0.3 is 0 Å². The number of hydrogen-bond acceptors (Lipinski definition) is 2. The molecule has 0 unspecified atom stereocenters. The van der Waals surface area contributed by atoms with E-state index in [0.717, 1.165) is 18.9 Å². The second-order valence-corrected chi connectivity index (χ2v) is 5.00. The zero-order valence-corrected chi connectivity index (χ0v) is 10.8. The first-order chi connectivity index (χ1) is 9.65. The predicted molar refractivity (Wildman–Crippen MR) is 73.3 cm³/mol. The van der Waals surface area contributed by atoms with Crippen molar-refractivity contribution < 1.29 is 14.3 Å². The maximum Gasteiger partial charge on any atom is 0.272 e. The van der Waals surface area contributed by atoms with E-state index in [0.29, 0.717) is 11.7 Å². The molecule has 1 amide bonds. The molecule has 0 aliphatic heterocycles. The number of carbonyl (C=O) groups excluding carboxylic acids is 1. The summed E-state index contributed by atoms with van der Waals surface area (Å²) in [5, 5.41) is 11.7. The monoisotopic (exact) mass is 274 g/mol. The van der Waals surface area contributed by atoms with Crippen molar-refractivity contribution in [3.63, 3.8) is 0 Å². The van der Waals surface area contributed by atoms with Crippen LogP contribution < -0.4 is 5.32 Å². The zero-order valence-electron chi connectivity index (χ0n) is 10.8. The van der Waals surface area contributed by atoms with E-state index in [1.54, 1.807) is 6.07 Å². The summed E-state index contributed by atoms with van der Waals surface area (Å²) in [7, 11) is 0. The summed E-state index contributed by atoms with van der Waals surface area (Å²) >= 11 is 0. The number of halogens is 1. The summed E-state index contributed by atoms with van der Waals surface area (Å²) < 4.78 is 15.5. The lowest BCUT2D eigenvalue weighted by Crippen LogP contribution is -2.23. The summed E-state index contributed by atoms with van der Waals surface area (Å²) in [6.07, 6.45) is 5.20. The highest BCUT2D eigenvalue weighted by molar-refractivity contribution is 6.03. The summed E-state index contributed by atoms with van der Waals surface area (Å²) in [4.78, 5) is 12.2. The first-order valence-electron chi connectivity index (χ1n) is 6.62. The normalized spacial score (nSPS) is 14.8. The molecule has 20 heavy (non-hydrogen) atoms.